The molecule has 1 aromatic heterocycles. The van der Waals surface area contributed by atoms with Crippen LogP contribution in [0.25, 0.3) is 33.4 Å². The number of fused-ring (bicyclic) bond motifs is 1. The lowest BCUT2D eigenvalue weighted by Crippen LogP contribution is -2.41. The Balaban J connectivity index is 1.55. The SMILES string of the molecule is CC1(C)OB(c2ccccc2-c2cc3cc(-c4ccccc4)ccc3o2)OC1(C)C. The first-order chi connectivity index (χ1) is 14.3. The minimum atomic E-state index is -0.431. The van der Waals surface area contributed by atoms with Gasteiger partial charge in [-0.3, -0.25) is 0 Å². The van der Waals surface area contributed by atoms with E-state index in [4.69, 9.17) is 13.7 Å². The molecule has 1 aliphatic heterocycles. The summed E-state index contributed by atoms with van der Waals surface area (Å²) in [5.41, 5.74) is 4.45. The van der Waals surface area contributed by atoms with Gasteiger partial charge in [0.25, 0.3) is 0 Å². The van der Waals surface area contributed by atoms with Crippen molar-refractivity contribution in [1.82, 2.24) is 0 Å². The standard InChI is InChI=1S/C26H25BO3/c1-25(2)26(3,4)30-27(29-25)22-13-9-8-12-21(22)24-17-20-16-19(14-15-23(20)28-24)18-10-6-5-7-11-18/h5-17H,1-4H3. The van der Waals surface area contributed by atoms with Crippen molar-refractivity contribution in [3.63, 3.8) is 0 Å². The van der Waals surface area contributed by atoms with Crippen LogP contribution in [0.4, 0.5) is 0 Å². The van der Waals surface area contributed by atoms with Crippen LogP contribution in [0.15, 0.2) is 83.3 Å². The zero-order valence-corrected chi connectivity index (χ0v) is 17.8. The maximum Gasteiger partial charge on any atom is 0.495 e. The third kappa shape index (κ3) is 3.17. The predicted octanol–water partition coefficient (Wildman–Crippen LogP) is 6.07. The molecule has 150 valence electrons. The van der Waals surface area contributed by atoms with E-state index in [1.165, 1.54) is 11.1 Å². The first-order valence-corrected chi connectivity index (χ1v) is 10.4. The van der Waals surface area contributed by atoms with Gasteiger partial charge in [-0.25, -0.2) is 0 Å². The minimum absolute atomic E-state index is 0.386. The molecule has 3 nitrogen and oxygen atoms in total. The highest BCUT2D eigenvalue weighted by atomic mass is 16.7. The van der Waals surface area contributed by atoms with Crippen molar-refractivity contribution in [2.75, 3.05) is 0 Å². The molecule has 1 fully saturated rings. The van der Waals surface area contributed by atoms with Gasteiger partial charge in [0.15, 0.2) is 0 Å². The first-order valence-electron chi connectivity index (χ1n) is 10.4. The fourth-order valence-electron chi connectivity index (χ4n) is 3.88. The molecular formula is C26H25BO3. The van der Waals surface area contributed by atoms with E-state index in [2.05, 4.69) is 82.3 Å². The number of hydrogen-bond donors (Lipinski definition) is 0. The molecule has 0 spiro atoms. The van der Waals surface area contributed by atoms with E-state index in [-0.39, 0.29) is 11.2 Å². The molecule has 0 atom stereocenters. The van der Waals surface area contributed by atoms with Gasteiger partial charge in [-0.2, -0.15) is 0 Å². The third-order valence-corrected chi connectivity index (χ3v) is 6.36. The van der Waals surface area contributed by atoms with Crippen LogP contribution in [-0.4, -0.2) is 18.3 Å². The second kappa shape index (κ2) is 6.87. The monoisotopic (exact) mass is 396 g/mol. The van der Waals surface area contributed by atoms with Crippen molar-refractivity contribution in [2.45, 2.75) is 38.9 Å². The summed E-state index contributed by atoms with van der Waals surface area (Å²) < 4.78 is 18.8. The Hall–Kier alpha value is -2.82. The lowest BCUT2D eigenvalue weighted by Gasteiger charge is -2.32. The summed E-state index contributed by atoms with van der Waals surface area (Å²) in [5, 5.41) is 1.08. The molecule has 0 aliphatic carbocycles. The van der Waals surface area contributed by atoms with Crippen LogP contribution in [-0.2, 0) is 9.31 Å². The van der Waals surface area contributed by atoms with Crippen molar-refractivity contribution in [2.24, 2.45) is 0 Å². The van der Waals surface area contributed by atoms with Gasteiger partial charge in [0, 0.05) is 10.9 Å². The minimum Gasteiger partial charge on any atom is -0.456 e. The Morgan fingerprint density at radius 2 is 1.33 bits per heavy atom. The highest BCUT2D eigenvalue weighted by Gasteiger charge is 2.52. The summed E-state index contributed by atoms with van der Waals surface area (Å²) >= 11 is 0. The summed E-state index contributed by atoms with van der Waals surface area (Å²) in [5.74, 6) is 0.820. The van der Waals surface area contributed by atoms with Crippen LogP contribution >= 0.6 is 0 Å². The molecule has 4 aromatic rings. The molecule has 2 heterocycles. The summed E-state index contributed by atoms with van der Waals surface area (Å²) in [7, 11) is -0.431. The molecule has 0 radical (unpaired) electrons. The highest BCUT2D eigenvalue weighted by molar-refractivity contribution is 6.63. The molecule has 5 rings (SSSR count). The number of furan rings is 1. The predicted molar refractivity (Wildman–Crippen MR) is 123 cm³/mol. The molecule has 3 aromatic carbocycles. The molecule has 1 saturated heterocycles. The van der Waals surface area contributed by atoms with E-state index in [0.717, 1.165) is 27.8 Å². The van der Waals surface area contributed by atoms with Gasteiger partial charge in [0.1, 0.15) is 11.3 Å². The van der Waals surface area contributed by atoms with E-state index in [9.17, 15) is 0 Å². The van der Waals surface area contributed by atoms with Crippen LogP contribution in [0.1, 0.15) is 27.7 Å². The van der Waals surface area contributed by atoms with Gasteiger partial charge >= 0.3 is 7.12 Å². The van der Waals surface area contributed by atoms with Crippen molar-refractivity contribution in [1.29, 1.82) is 0 Å². The first kappa shape index (κ1) is 19.2. The van der Waals surface area contributed by atoms with Crippen LogP contribution in [0.2, 0.25) is 0 Å². The fourth-order valence-corrected chi connectivity index (χ4v) is 3.88. The molecule has 0 bridgehead atoms. The Bertz CT molecular complexity index is 1190. The molecular weight excluding hydrogens is 371 g/mol. The number of rotatable bonds is 3. The van der Waals surface area contributed by atoms with Crippen molar-refractivity contribution >= 4 is 23.6 Å². The molecule has 30 heavy (non-hydrogen) atoms. The number of hydrogen-bond acceptors (Lipinski definition) is 3. The molecule has 0 N–H and O–H groups in total. The van der Waals surface area contributed by atoms with Crippen molar-refractivity contribution < 1.29 is 13.7 Å². The topological polar surface area (TPSA) is 31.6 Å². The normalized spacial score (nSPS) is 17.5. The Labute approximate surface area is 177 Å². The van der Waals surface area contributed by atoms with Gasteiger partial charge in [-0.1, -0.05) is 60.7 Å². The zero-order valence-electron chi connectivity index (χ0n) is 17.8. The van der Waals surface area contributed by atoms with Crippen LogP contribution in [0.3, 0.4) is 0 Å². The molecule has 1 aliphatic rings. The van der Waals surface area contributed by atoms with Gasteiger partial charge in [-0.15, -0.1) is 0 Å². The average Bonchev–Trinajstić information content (AvgIpc) is 3.25. The quantitative estimate of drug-likeness (QED) is 0.394. The smallest absolute Gasteiger partial charge is 0.456 e. The van der Waals surface area contributed by atoms with Crippen molar-refractivity contribution in [3.05, 3.63) is 78.9 Å². The van der Waals surface area contributed by atoms with Gasteiger partial charge in [-0.05, 0) is 62.5 Å². The van der Waals surface area contributed by atoms with Crippen LogP contribution < -0.4 is 5.46 Å². The maximum atomic E-state index is 6.30. The van der Waals surface area contributed by atoms with Crippen molar-refractivity contribution in [3.8, 4) is 22.5 Å². The summed E-state index contributed by atoms with van der Waals surface area (Å²) in [6.45, 7) is 8.29. The van der Waals surface area contributed by atoms with E-state index in [0.29, 0.717) is 0 Å². The summed E-state index contributed by atoms with van der Waals surface area (Å²) in [6, 6.07) is 27.0. The van der Waals surface area contributed by atoms with Gasteiger partial charge < -0.3 is 13.7 Å². The Morgan fingerprint density at radius 1 is 0.667 bits per heavy atom. The number of benzene rings is 3. The van der Waals surface area contributed by atoms with E-state index < -0.39 is 7.12 Å². The fraction of sp³-hybridized carbons (Fsp3) is 0.231. The van der Waals surface area contributed by atoms with Gasteiger partial charge in [0.2, 0.25) is 0 Å². The molecule has 0 unspecified atom stereocenters. The Morgan fingerprint density at radius 3 is 2.07 bits per heavy atom. The Kier molecular flexibility index (Phi) is 4.39. The molecule has 4 heteroatoms. The largest absolute Gasteiger partial charge is 0.495 e. The van der Waals surface area contributed by atoms with E-state index in [1.807, 2.05) is 24.3 Å². The van der Waals surface area contributed by atoms with Gasteiger partial charge in [0.05, 0.1) is 11.2 Å². The molecule has 0 amide bonds. The van der Waals surface area contributed by atoms with E-state index >= 15 is 0 Å². The summed E-state index contributed by atoms with van der Waals surface area (Å²) in [6.07, 6.45) is 0. The second-order valence-electron chi connectivity index (χ2n) is 8.90. The lowest BCUT2D eigenvalue weighted by atomic mass is 9.75. The summed E-state index contributed by atoms with van der Waals surface area (Å²) in [4.78, 5) is 0. The van der Waals surface area contributed by atoms with Crippen LogP contribution in [0, 0.1) is 0 Å². The molecule has 0 saturated carbocycles. The highest BCUT2D eigenvalue weighted by Crippen LogP contribution is 2.38. The zero-order chi connectivity index (χ0) is 20.9. The average molecular weight is 396 g/mol. The lowest BCUT2D eigenvalue weighted by molar-refractivity contribution is 0.00578. The van der Waals surface area contributed by atoms with E-state index in [1.54, 1.807) is 0 Å². The second-order valence-corrected chi connectivity index (χ2v) is 8.90. The maximum absolute atomic E-state index is 6.30. The van der Waals surface area contributed by atoms with Crippen LogP contribution in [0.5, 0.6) is 0 Å². The third-order valence-electron chi connectivity index (χ3n) is 6.36.